The van der Waals surface area contributed by atoms with Crippen LogP contribution in [0.3, 0.4) is 0 Å². The predicted molar refractivity (Wildman–Crippen MR) is 112 cm³/mol. The van der Waals surface area contributed by atoms with Crippen molar-refractivity contribution in [2.24, 2.45) is 0 Å². The van der Waals surface area contributed by atoms with Crippen molar-refractivity contribution in [3.05, 3.63) is 73.2 Å². The second kappa shape index (κ2) is 7.98. The number of halogens is 2. The highest BCUT2D eigenvalue weighted by molar-refractivity contribution is 7.13. The van der Waals surface area contributed by atoms with Crippen LogP contribution in [0.15, 0.2) is 41.9 Å². The Kier molecular flexibility index (Phi) is 5.40. The fourth-order valence-corrected chi connectivity index (χ4v) is 4.54. The first-order chi connectivity index (χ1) is 14.0. The summed E-state index contributed by atoms with van der Waals surface area (Å²) in [7, 11) is 0. The van der Waals surface area contributed by atoms with Crippen LogP contribution in [0.2, 0.25) is 10.0 Å². The number of thiazole rings is 1. The van der Waals surface area contributed by atoms with Gasteiger partial charge in [-0.2, -0.15) is 0 Å². The van der Waals surface area contributed by atoms with Gasteiger partial charge in [0.05, 0.1) is 15.0 Å². The van der Waals surface area contributed by atoms with Crippen LogP contribution in [0.25, 0.3) is 0 Å². The molecule has 7 nitrogen and oxygen atoms in total. The number of carbonyl (C=O) groups excluding carboxylic acids is 1. The minimum absolute atomic E-state index is 0.0441. The molecule has 0 spiro atoms. The summed E-state index contributed by atoms with van der Waals surface area (Å²) in [6.45, 7) is 0.645. The van der Waals surface area contributed by atoms with Gasteiger partial charge in [0.2, 0.25) is 0 Å². The Morgan fingerprint density at radius 3 is 2.66 bits per heavy atom. The molecule has 2 heterocycles. The van der Waals surface area contributed by atoms with E-state index in [1.54, 1.807) is 12.3 Å². The van der Waals surface area contributed by atoms with Gasteiger partial charge < -0.3 is 14.4 Å². The Labute approximate surface area is 179 Å². The second-order valence-electron chi connectivity index (χ2n) is 6.30. The monoisotopic (exact) mass is 449 g/mol. The molecule has 0 N–H and O–H groups in total. The number of ether oxygens (including phenoxy) is 1. The highest BCUT2D eigenvalue weighted by Crippen LogP contribution is 2.41. The van der Waals surface area contributed by atoms with Crippen molar-refractivity contribution in [1.29, 1.82) is 0 Å². The summed E-state index contributed by atoms with van der Waals surface area (Å²) in [6.07, 6.45) is 3.33. The number of nitro groups is 1. The number of rotatable bonds is 5. The molecule has 1 unspecified atom stereocenters. The topological polar surface area (TPSA) is 85.6 Å². The number of aldehydes is 1. The Balaban J connectivity index is 1.63. The molecule has 0 saturated heterocycles. The van der Waals surface area contributed by atoms with Gasteiger partial charge in [-0.25, -0.2) is 4.98 Å². The lowest BCUT2D eigenvalue weighted by atomic mass is 9.93. The third-order valence-corrected chi connectivity index (χ3v) is 5.97. The minimum Gasteiger partial charge on any atom is -0.454 e. The molecule has 1 aliphatic heterocycles. The van der Waals surface area contributed by atoms with E-state index in [0.717, 1.165) is 22.5 Å². The summed E-state index contributed by atoms with van der Waals surface area (Å²) < 4.78 is 5.81. The Bertz CT molecular complexity index is 1070. The first-order valence-electron chi connectivity index (χ1n) is 8.53. The van der Waals surface area contributed by atoms with E-state index < -0.39 is 11.0 Å². The first-order valence-corrected chi connectivity index (χ1v) is 10.2. The first kappa shape index (κ1) is 19.6. The van der Waals surface area contributed by atoms with Crippen LogP contribution in [0.5, 0.6) is 11.5 Å². The van der Waals surface area contributed by atoms with E-state index in [1.807, 2.05) is 22.4 Å². The van der Waals surface area contributed by atoms with Crippen LogP contribution < -0.4 is 9.64 Å². The average Bonchev–Trinajstić information content (AvgIpc) is 3.24. The summed E-state index contributed by atoms with van der Waals surface area (Å²) in [5.41, 5.74) is 1.64. The van der Waals surface area contributed by atoms with E-state index in [4.69, 9.17) is 27.9 Å². The normalized spacial score (nSPS) is 15.7. The Morgan fingerprint density at radius 1 is 1.28 bits per heavy atom. The summed E-state index contributed by atoms with van der Waals surface area (Å²) >= 11 is 13.7. The van der Waals surface area contributed by atoms with Gasteiger partial charge in [0, 0.05) is 30.3 Å². The highest BCUT2D eigenvalue weighted by Gasteiger charge is 2.29. The van der Waals surface area contributed by atoms with Crippen molar-refractivity contribution in [3.8, 4) is 11.5 Å². The molecule has 0 bridgehead atoms. The molecule has 1 aliphatic rings. The molecule has 2 aromatic carbocycles. The largest absolute Gasteiger partial charge is 0.454 e. The summed E-state index contributed by atoms with van der Waals surface area (Å²) in [5, 5.41) is 13.7. The fraction of sp³-hybridized carbons (Fsp3) is 0.158. The molecule has 0 saturated carbocycles. The number of nitro benzene ring substituents is 1. The Hall–Kier alpha value is -2.68. The zero-order valence-corrected chi connectivity index (χ0v) is 17.1. The van der Waals surface area contributed by atoms with Crippen molar-refractivity contribution in [1.82, 2.24) is 4.98 Å². The zero-order chi connectivity index (χ0) is 20.5. The Morgan fingerprint density at radius 2 is 2.03 bits per heavy atom. The van der Waals surface area contributed by atoms with E-state index in [0.29, 0.717) is 18.7 Å². The smallest absolute Gasteiger partial charge is 0.272 e. The number of carbonyl (C=O) groups is 1. The molecule has 10 heteroatoms. The summed E-state index contributed by atoms with van der Waals surface area (Å²) in [6, 6.07) is 7.33. The van der Waals surface area contributed by atoms with Crippen LogP contribution in [-0.4, -0.2) is 22.7 Å². The third kappa shape index (κ3) is 3.78. The maximum atomic E-state index is 11.8. The number of anilines is 1. The van der Waals surface area contributed by atoms with Gasteiger partial charge in [0.15, 0.2) is 10.9 Å². The maximum Gasteiger partial charge on any atom is 0.272 e. The van der Waals surface area contributed by atoms with E-state index in [-0.39, 0.29) is 21.5 Å². The SMILES string of the molecule is O=CC1c2ccc(Oc3c(Cl)cc([N+](=O)[O-])cc3Cl)cc2CCN1c1nccs1. The van der Waals surface area contributed by atoms with Gasteiger partial charge >= 0.3 is 0 Å². The molecule has 0 amide bonds. The van der Waals surface area contributed by atoms with Crippen molar-refractivity contribution >= 4 is 51.6 Å². The van der Waals surface area contributed by atoms with Crippen LogP contribution in [-0.2, 0) is 11.2 Å². The molecule has 1 atom stereocenters. The van der Waals surface area contributed by atoms with Crippen LogP contribution in [0, 0.1) is 10.1 Å². The third-order valence-electron chi connectivity index (χ3n) is 4.60. The number of hydrogen-bond donors (Lipinski definition) is 0. The van der Waals surface area contributed by atoms with Crippen LogP contribution >= 0.6 is 34.5 Å². The molecule has 0 fully saturated rings. The number of aromatic nitrogens is 1. The van der Waals surface area contributed by atoms with E-state index >= 15 is 0 Å². The van der Waals surface area contributed by atoms with E-state index in [9.17, 15) is 14.9 Å². The highest BCUT2D eigenvalue weighted by atomic mass is 35.5. The molecule has 0 radical (unpaired) electrons. The van der Waals surface area contributed by atoms with Gasteiger partial charge in [0.25, 0.3) is 5.69 Å². The van der Waals surface area contributed by atoms with Crippen LogP contribution in [0.4, 0.5) is 10.8 Å². The van der Waals surface area contributed by atoms with Gasteiger partial charge in [-0.15, -0.1) is 11.3 Å². The van der Waals surface area contributed by atoms with Crippen molar-refractivity contribution in [2.45, 2.75) is 12.5 Å². The fourth-order valence-electron chi connectivity index (χ4n) is 3.28. The van der Waals surface area contributed by atoms with Gasteiger partial charge in [-0.3, -0.25) is 10.1 Å². The lowest BCUT2D eigenvalue weighted by Gasteiger charge is -2.34. The van der Waals surface area contributed by atoms with Gasteiger partial charge in [0.1, 0.15) is 18.1 Å². The van der Waals surface area contributed by atoms with E-state index in [1.165, 1.54) is 23.5 Å². The molecule has 29 heavy (non-hydrogen) atoms. The standard InChI is InChI=1S/C19H13Cl2N3O4S/c20-15-8-12(24(26)27)9-16(21)18(15)28-13-1-2-14-11(7-13)3-5-23(17(14)10-25)19-22-4-6-29-19/h1-2,4,6-10,17H,3,5H2. The van der Waals surface area contributed by atoms with Gasteiger partial charge in [-0.1, -0.05) is 29.3 Å². The lowest BCUT2D eigenvalue weighted by Crippen LogP contribution is -2.36. The molecule has 3 aromatic rings. The van der Waals surface area contributed by atoms with Crippen molar-refractivity contribution < 1.29 is 14.5 Å². The zero-order valence-electron chi connectivity index (χ0n) is 14.7. The maximum absolute atomic E-state index is 11.8. The molecule has 1 aromatic heterocycles. The second-order valence-corrected chi connectivity index (χ2v) is 7.98. The quantitative estimate of drug-likeness (QED) is 0.292. The number of fused-ring (bicyclic) bond motifs is 1. The van der Waals surface area contributed by atoms with Crippen molar-refractivity contribution in [3.63, 3.8) is 0 Å². The molecule has 4 rings (SSSR count). The van der Waals surface area contributed by atoms with Crippen LogP contribution in [0.1, 0.15) is 17.2 Å². The number of benzene rings is 2. The van der Waals surface area contributed by atoms with E-state index in [2.05, 4.69) is 4.98 Å². The predicted octanol–water partition coefficient (Wildman–Crippen LogP) is 5.45. The molecule has 0 aliphatic carbocycles. The molecular weight excluding hydrogens is 437 g/mol. The minimum atomic E-state index is -0.575. The molecular formula is C19H13Cl2N3O4S. The number of hydrogen-bond acceptors (Lipinski definition) is 7. The van der Waals surface area contributed by atoms with Gasteiger partial charge in [-0.05, 0) is 29.7 Å². The molecule has 148 valence electrons. The summed E-state index contributed by atoms with van der Waals surface area (Å²) in [5.74, 6) is 0.625. The van der Waals surface area contributed by atoms with Crippen molar-refractivity contribution in [2.75, 3.05) is 11.4 Å². The number of non-ortho nitro benzene ring substituents is 1. The lowest BCUT2D eigenvalue weighted by molar-refractivity contribution is -0.384. The average molecular weight is 450 g/mol. The summed E-state index contributed by atoms with van der Waals surface area (Å²) in [4.78, 5) is 28.4. The number of nitrogens with zero attached hydrogens (tertiary/aromatic N) is 3.